The first-order chi connectivity index (χ1) is 9.94. The highest BCUT2D eigenvalue weighted by Gasteiger charge is 2.43. The Morgan fingerprint density at radius 3 is 2.67 bits per heavy atom. The van der Waals surface area contributed by atoms with Crippen LogP contribution in [-0.4, -0.2) is 6.29 Å². The highest BCUT2D eigenvalue weighted by Crippen LogP contribution is 2.42. The van der Waals surface area contributed by atoms with Gasteiger partial charge in [-0.3, -0.25) is 0 Å². The van der Waals surface area contributed by atoms with Gasteiger partial charge in [0.25, 0.3) is 0 Å². The summed E-state index contributed by atoms with van der Waals surface area (Å²) < 4.78 is 48.1. The van der Waals surface area contributed by atoms with Crippen molar-refractivity contribution in [3.8, 4) is 11.5 Å². The van der Waals surface area contributed by atoms with Crippen LogP contribution in [0.5, 0.6) is 11.5 Å². The smallest absolute Gasteiger partial charge is 0.395 e. The van der Waals surface area contributed by atoms with Crippen molar-refractivity contribution in [3.63, 3.8) is 0 Å². The fourth-order valence-electron chi connectivity index (χ4n) is 1.94. The second-order valence-corrected chi connectivity index (χ2v) is 4.80. The molecule has 0 aromatic heterocycles. The predicted octanol–water partition coefficient (Wildman–Crippen LogP) is 4.41. The molecule has 2 aromatic rings. The summed E-state index contributed by atoms with van der Waals surface area (Å²) in [5.41, 5.74) is 0.861. The van der Waals surface area contributed by atoms with Crippen LogP contribution >= 0.6 is 11.6 Å². The summed E-state index contributed by atoms with van der Waals surface area (Å²) in [6, 6.07) is 8.90. The third-order valence-corrected chi connectivity index (χ3v) is 3.21. The molecule has 0 spiro atoms. The molecule has 1 aliphatic heterocycles. The van der Waals surface area contributed by atoms with E-state index < -0.39 is 12.1 Å². The highest BCUT2D eigenvalue weighted by atomic mass is 35.5. The number of hydrogen-bond acceptors (Lipinski definition) is 3. The van der Waals surface area contributed by atoms with Gasteiger partial charge >= 0.3 is 6.29 Å². The van der Waals surface area contributed by atoms with E-state index in [0.717, 1.165) is 0 Å². The Morgan fingerprint density at radius 1 is 1.10 bits per heavy atom. The average Bonchev–Trinajstić information content (AvgIpc) is 2.73. The summed E-state index contributed by atoms with van der Waals surface area (Å²) in [6.07, 6.45) is -3.65. The normalized spacial score (nSPS) is 15.0. The maximum absolute atomic E-state index is 13.7. The van der Waals surface area contributed by atoms with Crippen LogP contribution in [0.2, 0.25) is 5.02 Å². The molecule has 110 valence electrons. The van der Waals surface area contributed by atoms with E-state index in [0.29, 0.717) is 11.3 Å². The van der Waals surface area contributed by atoms with Gasteiger partial charge in [-0.1, -0.05) is 23.7 Å². The molecule has 0 amide bonds. The molecule has 0 radical (unpaired) electrons. The minimum atomic E-state index is -3.65. The molecule has 2 aromatic carbocycles. The van der Waals surface area contributed by atoms with Gasteiger partial charge in [0.1, 0.15) is 5.82 Å². The van der Waals surface area contributed by atoms with Crippen molar-refractivity contribution in [3.05, 3.63) is 52.8 Å². The molecule has 1 aliphatic rings. The third kappa shape index (κ3) is 2.85. The van der Waals surface area contributed by atoms with E-state index >= 15 is 0 Å². The lowest BCUT2D eigenvalue weighted by molar-refractivity contribution is -0.286. The summed E-state index contributed by atoms with van der Waals surface area (Å²) in [5, 5.41) is 2.93. The zero-order valence-corrected chi connectivity index (χ0v) is 11.3. The number of halogens is 4. The molecule has 21 heavy (non-hydrogen) atoms. The van der Waals surface area contributed by atoms with E-state index in [1.807, 2.05) is 0 Å². The second kappa shape index (κ2) is 5.04. The Labute approximate surface area is 123 Å². The zero-order valence-electron chi connectivity index (χ0n) is 10.5. The van der Waals surface area contributed by atoms with Crippen molar-refractivity contribution in [1.82, 2.24) is 0 Å². The van der Waals surface area contributed by atoms with Crippen molar-refractivity contribution in [2.75, 3.05) is 5.32 Å². The predicted molar refractivity (Wildman–Crippen MR) is 71.4 cm³/mol. The lowest BCUT2D eigenvalue weighted by Gasteiger charge is -2.08. The van der Waals surface area contributed by atoms with Crippen LogP contribution in [0, 0.1) is 5.82 Å². The van der Waals surface area contributed by atoms with Crippen molar-refractivity contribution in [2.24, 2.45) is 0 Å². The number of benzene rings is 2. The molecule has 3 nitrogen and oxygen atoms in total. The van der Waals surface area contributed by atoms with Crippen LogP contribution in [0.25, 0.3) is 0 Å². The molecule has 3 rings (SSSR count). The highest BCUT2D eigenvalue weighted by molar-refractivity contribution is 6.30. The van der Waals surface area contributed by atoms with Crippen LogP contribution < -0.4 is 14.8 Å². The van der Waals surface area contributed by atoms with E-state index in [1.165, 1.54) is 24.3 Å². The van der Waals surface area contributed by atoms with Crippen molar-refractivity contribution < 1.29 is 22.6 Å². The van der Waals surface area contributed by atoms with Gasteiger partial charge in [-0.05, 0) is 18.2 Å². The van der Waals surface area contributed by atoms with Crippen LogP contribution in [0.15, 0.2) is 36.4 Å². The third-order valence-electron chi connectivity index (χ3n) is 2.92. The molecule has 0 atom stereocenters. The molecule has 0 saturated carbocycles. The standard InChI is InChI=1S/C14H9ClF3NO2/c15-10-3-1-2-8(13(10)16)7-19-9-4-5-11-12(6-9)21-14(17,18)20-11/h1-6,19H,7H2. The molecule has 0 bridgehead atoms. The number of rotatable bonds is 3. The molecule has 1 N–H and O–H groups in total. The van der Waals surface area contributed by atoms with E-state index in [-0.39, 0.29) is 23.1 Å². The molecular formula is C14H9ClF3NO2. The van der Waals surface area contributed by atoms with Crippen molar-refractivity contribution in [1.29, 1.82) is 0 Å². The Balaban J connectivity index is 1.74. The quantitative estimate of drug-likeness (QED) is 0.910. The number of alkyl halides is 2. The maximum atomic E-state index is 13.7. The van der Waals surface area contributed by atoms with Crippen LogP contribution in [0.4, 0.5) is 18.9 Å². The van der Waals surface area contributed by atoms with Gasteiger partial charge in [-0.2, -0.15) is 0 Å². The summed E-state index contributed by atoms with van der Waals surface area (Å²) in [6.45, 7) is 0.155. The SMILES string of the molecule is Fc1c(Cl)cccc1CNc1ccc2c(c1)OC(F)(F)O2. The first-order valence-electron chi connectivity index (χ1n) is 6.01. The summed E-state index contributed by atoms with van der Waals surface area (Å²) in [4.78, 5) is 0. The van der Waals surface area contributed by atoms with E-state index in [4.69, 9.17) is 11.6 Å². The van der Waals surface area contributed by atoms with Crippen LogP contribution in [-0.2, 0) is 6.54 Å². The number of nitrogens with one attached hydrogen (secondary N) is 1. The van der Waals surface area contributed by atoms with Crippen molar-refractivity contribution in [2.45, 2.75) is 12.8 Å². The molecule has 1 heterocycles. The first-order valence-corrected chi connectivity index (χ1v) is 6.39. The molecule has 0 saturated heterocycles. The molecule has 0 aliphatic carbocycles. The van der Waals surface area contributed by atoms with Crippen LogP contribution in [0.3, 0.4) is 0 Å². The van der Waals surface area contributed by atoms with Gasteiger partial charge in [0.15, 0.2) is 11.5 Å². The van der Waals surface area contributed by atoms with Gasteiger partial charge in [-0.15, -0.1) is 8.78 Å². The molecule has 0 unspecified atom stereocenters. The minimum Gasteiger partial charge on any atom is -0.395 e. The van der Waals surface area contributed by atoms with Gasteiger partial charge in [0.05, 0.1) is 5.02 Å². The lowest BCUT2D eigenvalue weighted by atomic mass is 10.2. The number of fused-ring (bicyclic) bond motifs is 1. The molecule has 0 fully saturated rings. The van der Waals surface area contributed by atoms with Crippen LogP contribution in [0.1, 0.15) is 5.56 Å². The number of anilines is 1. The topological polar surface area (TPSA) is 30.5 Å². The Kier molecular flexibility index (Phi) is 3.33. The fraction of sp³-hybridized carbons (Fsp3) is 0.143. The Bertz CT molecular complexity index is 694. The van der Waals surface area contributed by atoms with Gasteiger partial charge in [-0.25, -0.2) is 4.39 Å². The lowest BCUT2D eigenvalue weighted by Crippen LogP contribution is -2.25. The monoisotopic (exact) mass is 315 g/mol. The van der Waals surface area contributed by atoms with E-state index in [1.54, 1.807) is 12.1 Å². The van der Waals surface area contributed by atoms with Crippen molar-refractivity contribution >= 4 is 17.3 Å². The average molecular weight is 316 g/mol. The van der Waals surface area contributed by atoms with Gasteiger partial charge < -0.3 is 14.8 Å². The van der Waals surface area contributed by atoms with Gasteiger partial charge in [0.2, 0.25) is 0 Å². The minimum absolute atomic E-state index is 0.0274. The molecule has 7 heteroatoms. The Morgan fingerprint density at radius 2 is 1.86 bits per heavy atom. The number of ether oxygens (including phenoxy) is 2. The fourth-order valence-corrected chi connectivity index (χ4v) is 2.14. The second-order valence-electron chi connectivity index (χ2n) is 4.40. The summed E-state index contributed by atoms with van der Waals surface area (Å²) in [7, 11) is 0. The maximum Gasteiger partial charge on any atom is 0.586 e. The largest absolute Gasteiger partial charge is 0.586 e. The van der Waals surface area contributed by atoms with E-state index in [2.05, 4.69) is 14.8 Å². The summed E-state index contributed by atoms with van der Waals surface area (Å²) >= 11 is 5.68. The summed E-state index contributed by atoms with van der Waals surface area (Å²) in [5.74, 6) is -0.630. The Hall–Kier alpha value is -2.08. The van der Waals surface area contributed by atoms with Gasteiger partial charge in [0, 0.05) is 23.9 Å². The zero-order chi connectivity index (χ0) is 15.0. The molecular weight excluding hydrogens is 307 g/mol. The number of hydrogen-bond donors (Lipinski definition) is 1. The van der Waals surface area contributed by atoms with E-state index in [9.17, 15) is 13.2 Å². The first kappa shape index (κ1) is 13.9.